The quantitative estimate of drug-likeness (QED) is 0.606. The van der Waals surface area contributed by atoms with E-state index in [0.717, 1.165) is 11.3 Å². The number of benzene rings is 2. The molecular formula is C23H24N4O5. The Morgan fingerprint density at radius 2 is 1.88 bits per heavy atom. The maximum Gasteiger partial charge on any atom is 0.259 e. The number of hydrogen-bond acceptors (Lipinski definition) is 7. The number of rotatable bonds is 7. The van der Waals surface area contributed by atoms with Gasteiger partial charge in [-0.25, -0.2) is 0 Å². The van der Waals surface area contributed by atoms with E-state index < -0.39 is 6.23 Å². The SMILES string of the molecule is CCOc1ccccc1-c1cc(C2=NN(C(C)=O)C(c3ccc(OC)c(OC)c3)O2)[nH]n1. The average Bonchev–Trinajstić information content (AvgIpc) is 3.47. The topological polar surface area (TPSA) is 98.3 Å². The van der Waals surface area contributed by atoms with Gasteiger partial charge in [0.2, 0.25) is 12.1 Å². The molecule has 32 heavy (non-hydrogen) atoms. The van der Waals surface area contributed by atoms with Crippen molar-refractivity contribution >= 4 is 11.8 Å². The fourth-order valence-electron chi connectivity index (χ4n) is 3.43. The molecule has 0 saturated carbocycles. The average molecular weight is 436 g/mol. The van der Waals surface area contributed by atoms with Crippen LogP contribution in [0.4, 0.5) is 0 Å². The van der Waals surface area contributed by atoms with E-state index in [4.69, 9.17) is 18.9 Å². The number of aromatic nitrogens is 2. The first-order valence-electron chi connectivity index (χ1n) is 10.1. The maximum atomic E-state index is 12.3. The number of hydrazone groups is 1. The van der Waals surface area contributed by atoms with Crippen molar-refractivity contribution in [1.82, 2.24) is 15.2 Å². The molecule has 0 bridgehead atoms. The van der Waals surface area contributed by atoms with Crippen molar-refractivity contribution < 1.29 is 23.7 Å². The van der Waals surface area contributed by atoms with Gasteiger partial charge in [0, 0.05) is 18.1 Å². The Morgan fingerprint density at radius 1 is 1.09 bits per heavy atom. The molecule has 1 aliphatic heterocycles. The minimum absolute atomic E-state index is 0.257. The molecule has 2 heterocycles. The highest BCUT2D eigenvalue weighted by Crippen LogP contribution is 2.36. The third kappa shape index (κ3) is 3.96. The first-order chi connectivity index (χ1) is 15.5. The van der Waals surface area contributed by atoms with Crippen LogP contribution in [0.25, 0.3) is 11.3 Å². The molecule has 1 aromatic heterocycles. The lowest BCUT2D eigenvalue weighted by atomic mass is 10.1. The second-order valence-electron chi connectivity index (χ2n) is 6.95. The Balaban J connectivity index is 1.64. The van der Waals surface area contributed by atoms with Crippen LogP contribution in [0, 0.1) is 0 Å². The molecule has 4 rings (SSSR count). The third-order valence-corrected chi connectivity index (χ3v) is 4.93. The summed E-state index contributed by atoms with van der Waals surface area (Å²) in [5.74, 6) is 1.84. The normalized spacial score (nSPS) is 15.2. The van der Waals surface area contributed by atoms with Crippen LogP contribution < -0.4 is 14.2 Å². The van der Waals surface area contributed by atoms with Gasteiger partial charge in [0.1, 0.15) is 11.4 Å². The molecule has 0 spiro atoms. The molecule has 9 heteroatoms. The van der Waals surface area contributed by atoms with Crippen LogP contribution in [0.15, 0.2) is 53.6 Å². The standard InChI is InChI=1S/C23H24N4O5/c1-5-31-19-9-7-6-8-16(19)17-13-18(25-24-17)22-26-27(14(2)28)23(32-22)15-10-11-20(29-3)21(12-15)30-4/h6-13,23H,5H2,1-4H3,(H,24,25). The van der Waals surface area contributed by atoms with Gasteiger partial charge in [0.15, 0.2) is 11.5 Å². The summed E-state index contributed by atoms with van der Waals surface area (Å²) in [4.78, 5) is 12.3. The van der Waals surface area contributed by atoms with Crippen molar-refractivity contribution in [3.8, 4) is 28.5 Å². The highest BCUT2D eigenvalue weighted by molar-refractivity contribution is 5.95. The molecule has 0 aliphatic carbocycles. The lowest BCUT2D eigenvalue weighted by Crippen LogP contribution is -2.25. The van der Waals surface area contributed by atoms with Gasteiger partial charge in [0.25, 0.3) is 5.90 Å². The summed E-state index contributed by atoms with van der Waals surface area (Å²) >= 11 is 0. The van der Waals surface area contributed by atoms with Crippen LogP contribution in [0.3, 0.4) is 0 Å². The molecule has 1 unspecified atom stereocenters. The zero-order valence-electron chi connectivity index (χ0n) is 18.3. The van der Waals surface area contributed by atoms with Crippen molar-refractivity contribution in [3.05, 3.63) is 59.8 Å². The van der Waals surface area contributed by atoms with Crippen LogP contribution in [-0.4, -0.2) is 47.8 Å². The fourth-order valence-corrected chi connectivity index (χ4v) is 3.43. The van der Waals surface area contributed by atoms with Gasteiger partial charge in [-0.05, 0) is 43.3 Å². The van der Waals surface area contributed by atoms with E-state index in [1.54, 1.807) is 32.4 Å². The number of ether oxygens (including phenoxy) is 4. The zero-order valence-corrected chi connectivity index (χ0v) is 18.3. The molecule has 2 aromatic carbocycles. The number of aromatic amines is 1. The Hall–Kier alpha value is -4.01. The van der Waals surface area contributed by atoms with Crippen molar-refractivity contribution in [1.29, 1.82) is 0 Å². The van der Waals surface area contributed by atoms with Crippen LogP contribution in [-0.2, 0) is 9.53 Å². The van der Waals surface area contributed by atoms with Crippen molar-refractivity contribution in [2.24, 2.45) is 5.10 Å². The Kier molecular flexibility index (Phi) is 5.98. The largest absolute Gasteiger partial charge is 0.493 e. The highest BCUT2D eigenvalue weighted by Gasteiger charge is 2.34. The summed E-state index contributed by atoms with van der Waals surface area (Å²) in [5, 5.41) is 13.0. The van der Waals surface area contributed by atoms with Gasteiger partial charge < -0.3 is 18.9 Å². The van der Waals surface area contributed by atoms with Crippen LogP contribution in [0.5, 0.6) is 17.2 Å². The molecule has 0 saturated heterocycles. The number of hydrogen-bond donors (Lipinski definition) is 1. The Bertz CT molecular complexity index is 1160. The van der Waals surface area contributed by atoms with Gasteiger partial charge in [0.05, 0.1) is 26.5 Å². The maximum absolute atomic E-state index is 12.3. The molecule has 3 aromatic rings. The molecule has 1 aliphatic rings. The molecule has 9 nitrogen and oxygen atoms in total. The summed E-state index contributed by atoms with van der Waals surface area (Å²) in [6.07, 6.45) is -0.746. The predicted octanol–water partition coefficient (Wildman–Crippen LogP) is 3.73. The van der Waals surface area contributed by atoms with Crippen molar-refractivity contribution in [3.63, 3.8) is 0 Å². The van der Waals surface area contributed by atoms with E-state index in [1.807, 2.05) is 37.3 Å². The fraction of sp³-hybridized carbons (Fsp3) is 0.261. The third-order valence-electron chi connectivity index (χ3n) is 4.93. The highest BCUT2D eigenvalue weighted by atomic mass is 16.5. The summed E-state index contributed by atoms with van der Waals surface area (Å²) in [5.41, 5.74) is 2.76. The van der Waals surface area contributed by atoms with Gasteiger partial charge in [-0.2, -0.15) is 10.1 Å². The summed E-state index contributed by atoms with van der Waals surface area (Å²) in [7, 11) is 3.11. The summed E-state index contributed by atoms with van der Waals surface area (Å²) in [6.45, 7) is 3.91. The Morgan fingerprint density at radius 3 is 2.59 bits per heavy atom. The lowest BCUT2D eigenvalue weighted by Gasteiger charge is -2.20. The van der Waals surface area contributed by atoms with E-state index in [0.29, 0.717) is 35.1 Å². The van der Waals surface area contributed by atoms with Crippen LogP contribution in [0.1, 0.15) is 31.3 Å². The first-order valence-corrected chi connectivity index (χ1v) is 10.1. The lowest BCUT2D eigenvalue weighted by molar-refractivity contribution is -0.135. The van der Waals surface area contributed by atoms with E-state index in [2.05, 4.69) is 15.3 Å². The molecule has 1 N–H and O–H groups in total. The van der Waals surface area contributed by atoms with Gasteiger partial charge in [-0.3, -0.25) is 9.89 Å². The number of H-pyrrole nitrogens is 1. The number of amides is 1. The zero-order chi connectivity index (χ0) is 22.7. The molecule has 1 atom stereocenters. The minimum Gasteiger partial charge on any atom is -0.493 e. The smallest absolute Gasteiger partial charge is 0.259 e. The van der Waals surface area contributed by atoms with E-state index in [1.165, 1.54) is 11.9 Å². The number of para-hydroxylation sites is 1. The van der Waals surface area contributed by atoms with Crippen LogP contribution >= 0.6 is 0 Å². The molecular weight excluding hydrogens is 412 g/mol. The summed E-state index contributed by atoms with van der Waals surface area (Å²) in [6, 6.07) is 14.8. The number of carbonyl (C=O) groups is 1. The number of methoxy groups -OCH3 is 2. The number of carbonyl (C=O) groups excluding carboxylic acids is 1. The minimum atomic E-state index is -0.746. The second kappa shape index (κ2) is 9.01. The van der Waals surface area contributed by atoms with Crippen molar-refractivity contribution in [2.45, 2.75) is 20.1 Å². The molecule has 0 radical (unpaired) electrons. The van der Waals surface area contributed by atoms with E-state index >= 15 is 0 Å². The Labute approximate surface area is 185 Å². The molecule has 0 fully saturated rings. The summed E-state index contributed by atoms with van der Waals surface area (Å²) < 4.78 is 22.4. The first kappa shape index (κ1) is 21.2. The van der Waals surface area contributed by atoms with Gasteiger partial charge in [-0.15, -0.1) is 5.10 Å². The van der Waals surface area contributed by atoms with Crippen molar-refractivity contribution in [2.75, 3.05) is 20.8 Å². The molecule has 1 amide bonds. The second-order valence-corrected chi connectivity index (χ2v) is 6.95. The molecule has 166 valence electrons. The number of nitrogens with one attached hydrogen (secondary N) is 1. The number of nitrogens with zero attached hydrogens (tertiary/aromatic N) is 3. The predicted molar refractivity (Wildman–Crippen MR) is 118 cm³/mol. The van der Waals surface area contributed by atoms with Gasteiger partial charge in [-0.1, -0.05) is 12.1 Å². The van der Waals surface area contributed by atoms with E-state index in [-0.39, 0.29) is 11.8 Å². The van der Waals surface area contributed by atoms with E-state index in [9.17, 15) is 4.79 Å². The monoisotopic (exact) mass is 436 g/mol. The van der Waals surface area contributed by atoms with Gasteiger partial charge >= 0.3 is 0 Å². The van der Waals surface area contributed by atoms with Crippen LogP contribution in [0.2, 0.25) is 0 Å².